The Morgan fingerprint density at radius 1 is 1.40 bits per heavy atom. The quantitative estimate of drug-likeness (QED) is 0.824. The third kappa shape index (κ3) is 5.24. The lowest BCUT2D eigenvalue weighted by Gasteiger charge is -2.25. The minimum absolute atomic E-state index is 0.109. The van der Waals surface area contributed by atoms with E-state index in [1.807, 2.05) is 20.8 Å². The van der Waals surface area contributed by atoms with Gasteiger partial charge in [0, 0.05) is 38.4 Å². The van der Waals surface area contributed by atoms with Crippen molar-refractivity contribution in [1.82, 2.24) is 20.2 Å². The van der Waals surface area contributed by atoms with E-state index in [1.54, 1.807) is 17.2 Å². The summed E-state index contributed by atoms with van der Waals surface area (Å²) in [5.74, 6) is 4.04. The van der Waals surface area contributed by atoms with Gasteiger partial charge in [-0.15, -0.1) is 6.42 Å². The number of urea groups is 1. The van der Waals surface area contributed by atoms with Crippen LogP contribution in [0.5, 0.6) is 5.88 Å². The summed E-state index contributed by atoms with van der Waals surface area (Å²) in [6.07, 6.45) is 8.04. The minimum Gasteiger partial charge on any atom is -0.478 e. The molecule has 1 aromatic rings. The van der Waals surface area contributed by atoms with Gasteiger partial charge in [-0.3, -0.25) is 0 Å². The molecule has 1 unspecified atom stereocenters. The maximum Gasteiger partial charge on any atom is 0.318 e. The number of carbonyl (C=O) groups is 1. The maximum atomic E-state index is 12.5. The molecule has 2 rings (SSSR count). The molecule has 1 aliphatic rings. The summed E-state index contributed by atoms with van der Waals surface area (Å²) in [4.78, 5) is 25.1. The second-order valence-electron chi connectivity index (χ2n) is 6.29. The molecule has 0 aromatic carbocycles. The first-order valence-corrected chi connectivity index (χ1v) is 8.77. The van der Waals surface area contributed by atoms with Crippen LogP contribution in [0.2, 0.25) is 0 Å². The lowest BCUT2D eigenvalue weighted by Crippen LogP contribution is -2.47. The van der Waals surface area contributed by atoms with E-state index in [4.69, 9.17) is 11.2 Å². The number of carbonyl (C=O) groups excluding carboxylic acids is 1. The Kier molecular flexibility index (Phi) is 6.87. The van der Waals surface area contributed by atoms with E-state index in [1.165, 1.54) is 0 Å². The van der Waals surface area contributed by atoms with Crippen molar-refractivity contribution in [2.75, 3.05) is 37.7 Å². The number of hydrogen-bond acceptors (Lipinski definition) is 5. The molecule has 1 atom stereocenters. The molecule has 136 valence electrons. The number of anilines is 1. The highest BCUT2D eigenvalue weighted by molar-refractivity contribution is 5.75. The van der Waals surface area contributed by atoms with E-state index in [-0.39, 0.29) is 18.0 Å². The molecule has 0 radical (unpaired) electrons. The highest BCUT2D eigenvalue weighted by Crippen LogP contribution is 2.15. The molecular formula is C18H27N5O2. The van der Waals surface area contributed by atoms with Gasteiger partial charge in [-0.25, -0.2) is 9.78 Å². The normalized spacial score (nSPS) is 16.1. The fourth-order valence-corrected chi connectivity index (χ4v) is 2.66. The van der Waals surface area contributed by atoms with Crippen molar-refractivity contribution in [3.8, 4) is 18.2 Å². The van der Waals surface area contributed by atoms with Gasteiger partial charge in [0.15, 0.2) is 0 Å². The van der Waals surface area contributed by atoms with Gasteiger partial charge in [-0.1, -0.05) is 19.8 Å². The summed E-state index contributed by atoms with van der Waals surface area (Å²) >= 11 is 0. The first-order valence-electron chi connectivity index (χ1n) is 8.77. The van der Waals surface area contributed by atoms with Crippen LogP contribution in [0.15, 0.2) is 12.3 Å². The van der Waals surface area contributed by atoms with Crippen molar-refractivity contribution in [2.24, 2.45) is 5.92 Å². The monoisotopic (exact) mass is 345 g/mol. The van der Waals surface area contributed by atoms with Crippen molar-refractivity contribution >= 4 is 12.0 Å². The molecule has 7 nitrogen and oxygen atoms in total. The number of aromatic nitrogens is 2. The van der Waals surface area contributed by atoms with Gasteiger partial charge in [-0.05, 0) is 19.3 Å². The van der Waals surface area contributed by atoms with Crippen LogP contribution >= 0.6 is 0 Å². The van der Waals surface area contributed by atoms with Crippen molar-refractivity contribution in [1.29, 1.82) is 0 Å². The fourth-order valence-electron chi connectivity index (χ4n) is 2.66. The Morgan fingerprint density at radius 2 is 2.20 bits per heavy atom. The molecule has 2 amide bonds. The van der Waals surface area contributed by atoms with Crippen LogP contribution in [-0.2, 0) is 0 Å². The number of hydrogen-bond donors (Lipinski definition) is 1. The summed E-state index contributed by atoms with van der Waals surface area (Å²) in [6, 6.07) is 1.39. The van der Waals surface area contributed by atoms with E-state index < -0.39 is 0 Å². The molecule has 7 heteroatoms. The smallest absolute Gasteiger partial charge is 0.318 e. The number of rotatable bonds is 5. The number of amides is 2. The molecule has 25 heavy (non-hydrogen) atoms. The molecule has 1 N–H and O–H groups in total. The number of ether oxygens (including phenoxy) is 1. The van der Waals surface area contributed by atoms with Gasteiger partial charge in [-0.2, -0.15) is 4.98 Å². The van der Waals surface area contributed by atoms with Crippen LogP contribution in [0.25, 0.3) is 0 Å². The predicted octanol–water partition coefficient (Wildman–Crippen LogP) is 1.75. The average molecular weight is 345 g/mol. The van der Waals surface area contributed by atoms with E-state index in [0.29, 0.717) is 38.1 Å². The van der Waals surface area contributed by atoms with Crippen molar-refractivity contribution in [3.05, 3.63) is 12.3 Å². The summed E-state index contributed by atoms with van der Waals surface area (Å²) in [7, 11) is 0. The Labute approximate surface area is 149 Å². The van der Waals surface area contributed by atoms with Crippen LogP contribution in [0.3, 0.4) is 0 Å². The molecule has 1 saturated heterocycles. The highest BCUT2D eigenvalue weighted by atomic mass is 16.5. The van der Waals surface area contributed by atoms with E-state index in [9.17, 15) is 4.79 Å². The molecule has 0 saturated carbocycles. The first-order chi connectivity index (χ1) is 12.0. The Balaban J connectivity index is 1.97. The third-order valence-corrected chi connectivity index (χ3v) is 4.10. The zero-order chi connectivity index (χ0) is 18.2. The van der Waals surface area contributed by atoms with Gasteiger partial charge in [0.05, 0.1) is 12.6 Å². The van der Waals surface area contributed by atoms with Crippen molar-refractivity contribution < 1.29 is 9.53 Å². The standard InChI is InChI=1S/C18H27N5O2/c1-5-15(14(3)4)20-18(24)23-11-7-10-22(12-13-23)17-19-9-8-16(21-17)25-6-2/h1,8-9,14-15H,6-7,10-13H2,2-4H3,(H,20,24). The molecule has 2 heterocycles. The minimum atomic E-state index is -0.252. The van der Waals surface area contributed by atoms with Crippen LogP contribution < -0.4 is 15.0 Å². The topological polar surface area (TPSA) is 70.6 Å². The lowest BCUT2D eigenvalue weighted by molar-refractivity contribution is 0.197. The Morgan fingerprint density at radius 3 is 2.88 bits per heavy atom. The summed E-state index contributed by atoms with van der Waals surface area (Å²) in [5, 5.41) is 2.93. The molecule has 1 fully saturated rings. The summed E-state index contributed by atoms with van der Waals surface area (Å²) in [6.45, 7) is 9.23. The highest BCUT2D eigenvalue weighted by Gasteiger charge is 2.23. The molecule has 0 spiro atoms. The Hall–Kier alpha value is -2.49. The van der Waals surface area contributed by atoms with Crippen LogP contribution in [0, 0.1) is 18.3 Å². The van der Waals surface area contributed by atoms with Gasteiger partial charge in [0.25, 0.3) is 0 Å². The van der Waals surface area contributed by atoms with Crippen LogP contribution in [0.4, 0.5) is 10.7 Å². The van der Waals surface area contributed by atoms with Gasteiger partial charge in [0.1, 0.15) is 0 Å². The second-order valence-corrected chi connectivity index (χ2v) is 6.29. The van der Waals surface area contributed by atoms with E-state index in [2.05, 4.69) is 26.1 Å². The van der Waals surface area contributed by atoms with Crippen LogP contribution in [-0.4, -0.2) is 59.7 Å². The van der Waals surface area contributed by atoms with Crippen LogP contribution in [0.1, 0.15) is 27.2 Å². The summed E-state index contributed by atoms with van der Waals surface area (Å²) < 4.78 is 5.44. The molecule has 1 aliphatic heterocycles. The second kappa shape index (κ2) is 9.11. The number of terminal acetylenes is 1. The molecule has 0 bridgehead atoms. The largest absolute Gasteiger partial charge is 0.478 e. The average Bonchev–Trinajstić information content (AvgIpc) is 2.86. The fraction of sp³-hybridized carbons (Fsp3) is 0.611. The number of nitrogens with zero attached hydrogens (tertiary/aromatic N) is 4. The lowest BCUT2D eigenvalue weighted by atomic mass is 10.1. The maximum absolute atomic E-state index is 12.5. The molecule has 0 aliphatic carbocycles. The van der Waals surface area contributed by atoms with E-state index in [0.717, 1.165) is 13.0 Å². The zero-order valence-corrected chi connectivity index (χ0v) is 15.2. The number of nitrogens with one attached hydrogen (secondary N) is 1. The van der Waals surface area contributed by atoms with Gasteiger partial charge in [0.2, 0.25) is 11.8 Å². The van der Waals surface area contributed by atoms with Gasteiger partial charge < -0.3 is 19.9 Å². The third-order valence-electron chi connectivity index (χ3n) is 4.10. The predicted molar refractivity (Wildman–Crippen MR) is 97.6 cm³/mol. The van der Waals surface area contributed by atoms with E-state index >= 15 is 0 Å². The zero-order valence-electron chi connectivity index (χ0n) is 15.2. The Bertz CT molecular complexity index is 614. The van der Waals surface area contributed by atoms with Gasteiger partial charge >= 0.3 is 6.03 Å². The molecular weight excluding hydrogens is 318 g/mol. The van der Waals surface area contributed by atoms with Crippen molar-refractivity contribution in [3.63, 3.8) is 0 Å². The first kappa shape index (κ1) is 18.8. The SMILES string of the molecule is C#CC(NC(=O)N1CCCN(c2nccc(OCC)n2)CC1)C(C)C. The summed E-state index contributed by atoms with van der Waals surface area (Å²) in [5.41, 5.74) is 0. The van der Waals surface area contributed by atoms with Crippen molar-refractivity contribution in [2.45, 2.75) is 33.2 Å². The molecule has 1 aromatic heterocycles.